The second-order valence-electron chi connectivity index (χ2n) is 32.9. The van der Waals surface area contributed by atoms with Crippen LogP contribution in [0.15, 0.2) is 498 Å². The van der Waals surface area contributed by atoms with Crippen molar-refractivity contribution in [1.82, 2.24) is 0 Å². The fourth-order valence-corrected chi connectivity index (χ4v) is 20.2. The molecule has 602 valence electrons. The first-order valence-electron chi connectivity index (χ1n) is 46.3. The molecule has 0 radical (unpaired) electrons. The summed E-state index contributed by atoms with van der Waals surface area (Å²) in [5, 5.41) is 20.5. The zero-order chi connectivity index (χ0) is 89.6. The molecule has 0 atom stereocenters. The van der Waals surface area contributed by atoms with Gasteiger partial charge in [-0.3, -0.25) is 0 Å². The molecule has 0 aliphatic heterocycles. The quantitative estimate of drug-likeness (QED) is 0.121. The van der Waals surface area contributed by atoms with Crippen LogP contribution in [0.4, 0.5) is 0 Å². The molecule has 23 aromatic carbocycles. The Bertz CT molecular complexity index is 8940. The third-order valence-corrected chi connectivity index (χ3v) is 25.7. The molecule has 0 amide bonds. The molecule has 0 spiro atoms. The lowest BCUT2D eigenvalue weighted by atomic mass is 9.85. The van der Waals surface area contributed by atoms with Crippen LogP contribution in [-0.4, -0.2) is 0 Å². The zero-order valence-electron chi connectivity index (χ0n) is 75.0. The highest BCUT2D eigenvalue weighted by Crippen LogP contribution is 2.51. The van der Waals surface area contributed by atoms with E-state index in [0.29, 0.717) is 5.56 Å². The van der Waals surface area contributed by atoms with Gasteiger partial charge in [-0.1, -0.05) is 449 Å². The Balaban J connectivity index is 0.000000111. The minimum Gasteiger partial charge on any atom is -0.456 e. The van der Waals surface area contributed by atoms with Crippen molar-refractivity contribution in [3.8, 4) is 122 Å². The fourth-order valence-electron chi connectivity index (χ4n) is 20.2. The van der Waals surface area contributed by atoms with Gasteiger partial charge >= 0.3 is 0 Å². The second kappa shape index (κ2) is 32.3. The standard InChI is InChI=1S/2C44H28O.C38H24O/c1-3-13-29(14-4-1)33-21-11-23-39-43(33)44-34(22-12-24-40(44)45-39)30-25-27-32(28-26-30)42-37-19-9-7-17-35(37)41(31-15-5-2-6-16-31)36-18-8-10-20-38(36)42;1-3-13-29(14-4-1)33-27-28-40-44(38-21-11-12-22-39(38)45-40)43(33)32-25-23-31(24-26-32)42-36-19-9-7-17-34(36)41(30-15-5-2-6-16-30)35-18-8-10-20-37(35)42;1-2-11-26(12-3-1)36-29-13-4-6-15-31(29)37(32-16-7-5-14-30(32)36)27-23-21-25(22-24-27)28-18-10-20-35-38(28)33-17-8-9-19-34(33)39-35/h2*1-28H;1-24H/i;2D,5D,6D,15D,16D;. The predicted octanol–water partition coefficient (Wildman–Crippen LogP) is 36.0. The molecule has 129 heavy (non-hydrogen) atoms. The maximum Gasteiger partial charge on any atom is 0.136 e. The Morgan fingerprint density at radius 2 is 0.341 bits per heavy atom. The molecule has 0 aliphatic rings. The van der Waals surface area contributed by atoms with Gasteiger partial charge in [0.05, 0.1) is 6.85 Å². The van der Waals surface area contributed by atoms with Crippen LogP contribution in [0.2, 0.25) is 0 Å². The largest absolute Gasteiger partial charge is 0.456 e. The van der Waals surface area contributed by atoms with E-state index >= 15 is 0 Å². The molecule has 26 rings (SSSR count). The second-order valence-corrected chi connectivity index (χ2v) is 32.9. The van der Waals surface area contributed by atoms with Crippen molar-refractivity contribution < 1.29 is 20.1 Å². The summed E-state index contributed by atoms with van der Waals surface area (Å²) in [6.07, 6.45) is 0. The summed E-state index contributed by atoms with van der Waals surface area (Å²) in [6, 6.07) is 159. The highest BCUT2D eigenvalue weighted by molar-refractivity contribution is 6.26. The van der Waals surface area contributed by atoms with Gasteiger partial charge in [0.1, 0.15) is 33.5 Å². The molecule has 0 N–H and O–H groups in total. The van der Waals surface area contributed by atoms with E-state index in [0.717, 1.165) is 115 Å². The van der Waals surface area contributed by atoms with Gasteiger partial charge < -0.3 is 13.3 Å². The first-order valence-corrected chi connectivity index (χ1v) is 43.8. The number of benzene rings is 23. The molecule has 0 aliphatic carbocycles. The normalized spacial score (nSPS) is 12.1. The van der Waals surface area contributed by atoms with Crippen molar-refractivity contribution in [1.29, 1.82) is 0 Å². The first kappa shape index (κ1) is 70.4. The van der Waals surface area contributed by atoms with Crippen LogP contribution in [0.25, 0.3) is 253 Å². The molecule has 3 nitrogen and oxygen atoms in total. The Kier molecular flexibility index (Phi) is 17.6. The first-order chi connectivity index (χ1) is 66.1. The molecule has 3 heteroatoms. The Morgan fingerprint density at radius 1 is 0.124 bits per heavy atom. The van der Waals surface area contributed by atoms with Crippen molar-refractivity contribution in [2.75, 3.05) is 0 Å². The SMILES string of the molecule is [2H]c1c([2H])c([2H])c(-c2c3ccccc3c(-c3ccc(-c4c(-c5ccccc5)ccc5oc6ccccc6c45)cc3)c3ccccc23)c([2H])c1[2H].c1ccc(-c2c3ccccc3c(-c3ccc(-c4cccc5oc6cccc(-c7ccccc7)c6c45)cc3)c3ccccc23)cc1.c1ccc(-c2c3ccccc3c(-c3ccc(-c4cccc5oc6ccccc6c45)cc3)c3ccccc23)cc1. The van der Waals surface area contributed by atoms with Gasteiger partial charge in [0.25, 0.3) is 0 Å². The third-order valence-electron chi connectivity index (χ3n) is 25.7. The van der Waals surface area contributed by atoms with Crippen LogP contribution < -0.4 is 0 Å². The predicted molar refractivity (Wildman–Crippen MR) is 546 cm³/mol. The molecule has 0 saturated heterocycles. The molecular weight excluding hydrogens is 1560 g/mol. The van der Waals surface area contributed by atoms with Gasteiger partial charge in [0, 0.05) is 37.9 Å². The Morgan fingerprint density at radius 3 is 0.682 bits per heavy atom. The van der Waals surface area contributed by atoms with E-state index in [-0.39, 0.29) is 29.7 Å². The average molecular weight is 1650 g/mol. The van der Waals surface area contributed by atoms with Crippen molar-refractivity contribution >= 4 is 130 Å². The van der Waals surface area contributed by atoms with Crippen LogP contribution >= 0.6 is 0 Å². The number of hydrogen-bond donors (Lipinski definition) is 0. The van der Waals surface area contributed by atoms with Crippen molar-refractivity contribution in [3.05, 3.63) is 485 Å². The van der Waals surface area contributed by atoms with E-state index in [4.69, 9.17) is 20.1 Å². The molecule has 0 saturated carbocycles. The van der Waals surface area contributed by atoms with Crippen LogP contribution in [0, 0.1) is 0 Å². The van der Waals surface area contributed by atoms with E-state index in [1.165, 1.54) is 126 Å². The summed E-state index contributed by atoms with van der Waals surface area (Å²) >= 11 is 0. The lowest BCUT2D eigenvalue weighted by molar-refractivity contribution is 0.668. The van der Waals surface area contributed by atoms with Crippen LogP contribution in [-0.2, 0) is 0 Å². The van der Waals surface area contributed by atoms with Gasteiger partial charge in [-0.25, -0.2) is 0 Å². The lowest BCUT2D eigenvalue weighted by Crippen LogP contribution is -1.91. The van der Waals surface area contributed by atoms with Crippen LogP contribution in [0.5, 0.6) is 0 Å². The Labute approximate surface area is 753 Å². The number of fused-ring (bicyclic) bond motifs is 15. The summed E-state index contributed by atoms with van der Waals surface area (Å²) in [5.41, 5.74) is 29.8. The zero-order valence-corrected chi connectivity index (χ0v) is 70.0. The molecule has 3 heterocycles. The average Bonchev–Trinajstić information content (AvgIpc) is 1.64. The van der Waals surface area contributed by atoms with Crippen molar-refractivity contribution in [2.24, 2.45) is 0 Å². The van der Waals surface area contributed by atoms with Gasteiger partial charge in [-0.2, -0.15) is 0 Å². The minimum atomic E-state index is -0.399. The third kappa shape index (κ3) is 13.2. The summed E-state index contributed by atoms with van der Waals surface area (Å²) in [4.78, 5) is 0. The highest BCUT2D eigenvalue weighted by Gasteiger charge is 2.25. The topological polar surface area (TPSA) is 39.4 Å². The monoisotopic (exact) mass is 1650 g/mol. The maximum absolute atomic E-state index is 8.84. The summed E-state index contributed by atoms with van der Waals surface area (Å²) in [7, 11) is 0. The number of rotatable bonds is 11. The van der Waals surface area contributed by atoms with Gasteiger partial charge in [-0.05, 0) is 218 Å². The number of furan rings is 3. The van der Waals surface area contributed by atoms with Crippen LogP contribution in [0.1, 0.15) is 6.85 Å². The van der Waals surface area contributed by atoms with Gasteiger partial charge in [0.15, 0.2) is 0 Å². The molecule has 0 bridgehead atoms. The molecule has 26 aromatic rings. The fraction of sp³-hybridized carbons (Fsp3) is 0. The molecule has 0 fully saturated rings. The number of para-hydroxylation sites is 2. The van der Waals surface area contributed by atoms with Crippen molar-refractivity contribution in [3.63, 3.8) is 0 Å². The van der Waals surface area contributed by atoms with E-state index in [1.807, 2.05) is 72.8 Å². The van der Waals surface area contributed by atoms with Crippen molar-refractivity contribution in [2.45, 2.75) is 0 Å². The van der Waals surface area contributed by atoms with Gasteiger partial charge in [0.2, 0.25) is 0 Å². The molecular formula is C126H80O3. The lowest BCUT2D eigenvalue weighted by Gasteiger charge is -2.18. The maximum atomic E-state index is 8.84. The minimum absolute atomic E-state index is 0.208. The summed E-state index contributed by atoms with van der Waals surface area (Å²) < 4.78 is 61.6. The number of hydrogen-bond acceptors (Lipinski definition) is 3. The van der Waals surface area contributed by atoms with E-state index < -0.39 is 6.04 Å². The highest BCUT2D eigenvalue weighted by atomic mass is 16.3. The van der Waals surface area contributed by atoms with Gasteiger partial charge in [-0.15, -0.1) is 0 Å². The summed E-state index contributed by atoms with van der Waals surface area (Å²) in [5.74, 6) is 0. The van der Waals surface area contributed by atoms with E-state index in [9.17, 15) is 0 Å². The smallest absolute Gasteiger partial charge is 0.136 e. The molecule has 0 unspecified atom stereocenters. The van der Waals surface area contributed by atoms with E-state index in [2.05, 4.69) is 382 Å². The van der Waals surface area contributed by atoms with Crippen LogP contribution in [0.3, 0.4) is 0 Å². The molecule has 3 aromatic heterocycles. The summed E-state index contributed by atoms with van der Waals surface area (Å²) in [6.45, 7) is 0. The van der Waals surface area contributed by atoms with E-state index in [1.54, 1.807) is 0 Å². The Hall–Kier alpha value is -17.0.